The maximum Gasteiger partial charge on any atom is 0.261 e. The third kappa shape index (κ3) is 2.54. The fourth-order valence-electron chi connectivity index (χ4n) is 2.27. The average molecular weight is 311 g/mol. The van der Waals surface area contributed by atoms with E-state index in [0.29, 0.717) is 11.3 Å². The summed E-state index contributed by atoms with van der Waals surface area (Å²) in [4.78, 5) is 3.18. The van der Waals surface area contributed by atoms with Gasteiger partial charge in [-0.3, -0.25) is 4.72 Å². The lowest BCUT2D eigenvalue weighted by atomic mass is 10.2. The first-order chi connectivity index (χ1) is 10.5. The summed E-state index contributed by atoms with van der Waals surface area (Å²) in [5.74, 6) is 0. The number of aryl methyl sites for hydroxylation is 1. The molecular formula is C16H13N3O2S. The summed E-state index contributed by atoms with van der Waals surface area (Å²) in [6.45, 7) is 1.95. The highest BCUT2D eigenvalue weighted by Gasteiger charge is 2.15. The molecule has 0 unspecified atom stereocenters. The molecule has 5 nitrogen and oxygen atoms in total. The van der Waals surface area contributed by atoms with Gasteiger partial charge in [0, 0.05) is 22.8 Å². The van der Waals surface area contributed by atoms with Gasteiger partial charge in [-0.25, -0.2) is 8.42 Å². The molecule has 3 rings (SSSR count). The van der Waals surface area contributed by atoms with Crippen molar-refractivity contribution in [1.82, 2.24) is 4.98 Å². The standard InChI is InChI=1S/C16H13N3O2S/c1-11-10-18-16-6-5-13(8-15(11)16)19-22(20,21)14-4-2-3-12(7-14)9-17/h2-8,10,18-19H,1H3. The number of nitriles is 1. The van der Waals surface area contributed by atoms with Crippen molar-refractivity contribution < 1.29 is 8.42 Å². The summed E-state index contributed by atoms with van der Waals surface area (Å²) in [5.41, 5.74) is 2.78. The van der Waals surface area contributed by atoms with Crippen LogP contribution >= 0.6 is 0 Å². The van der Waals surface area contributed by atoms with Crippen LogP contribution in [-0.2, 0) is 10.0 Å². The number of H-pyrrole nitrogens is 1. The van der Waals surface area contributed by atoms with E-state index in [0.717, 1.165) is 16.5 Å². The van der Waals surface area contributed by atoms with Crippen molar-refractivity contribution >= 4 is 26.6 Å². The van der Waals surface area contributed by atoms with E-state index in [9.17, 15) is 8.42 Å². The van der Waals surface area contributed by atoms with Crippen LogP contribution in [0.15, 0.2) is 53.6 Å². The molecular weight excluding hydrogens is 298 g/mol. The van der Waals surface area contributed by atoms with E-state index in [1.54, 1.807) is 24.3 Å². The van der Waals surface area contributed by atoms with Crippen molar-refractivity contribution in [3.63, 3.8) is 0 Å². The Labute approximate surface area is 128 Å². The lowest BCUT2D eigenvalue weighted by Gasteiger charge is -2.08. The molecule has 0 atom stereocenters. The Balaban J connectivity index is 1.98. The largest absolute Gasteiger partial charge is 0.361 e. The molecule has 0 fully saturated rings. The zero-order chi connectivity index (χ0) is 15.7. The number of aromatic nitrogens is 1. The third-order valence-electron chi connectivity index (χ3n) is 3.41. The summed E-state index contributed by atoms with van der Waals surface area (Å²) in [5, 5.41) is 9.84. The average Bonchev–Trinajstić information content (AvgIpc) is 2.88. The molecule has 0 saturated heterocycles. The Morgan fingerprint density at radius 3 is 2.77 bits per heavy atom. The van der Waals surface area contributed by atoms with Crippen LogP contribution in [-0.4, -0.2) is 13.4 Å². The second-order valence-corrected chi connectivity index (χ2v) is 6.66. The summed E-state index contributed by atoms with van der Waals surface area (Å²) >= 11 is 0. The number of hydrogen-bond donors (Lipinski definition) is 2. The van der Waals surface area contributed by atoms with Crippen LogP contribution in [0.3, 0.4) is 0 Å². The van der Waals surface area contributed by atoms with Crippen molar-refractivity contribution in [1.29, 1.82) is 5.26 Å². The van der Waals surface area contributed by atoms with Crippen LogP contribution < -0.4 is 4.72 Å². The molecule has 2 aromatic carbocycles. The predicted molar refractivity (Wildman–Crippen MR) is 85.0 cm³/mol. The van der Waals surface area contributed by atoms with Crippen molar-refractivity contribution in [2.75, 3.05) is 4.72 Å². The minimum atomic E-state index is -3.72. The molecule has 6 heteroatoms. The molecule has 0 aliphatic heterocycles. The Hall–Kier alpha value is -2.78. The molecule has 0 bridgehead atoms. The molecule has 22 heavy (non-hydrogen) atoms. The number of rotatable bonds is 3. The van der Waals surface area contributed by atoms with E-state index in [1.165, 1.54) is 12.1 Å². The van der Waals surface area contributed by atoms with Gasteiger partial charge in [-0.15, -0.1) is 0 Å². The summed E-state index contributed by atoms with van der Waals surface area (Å²) < 4.78 is 27.3. The summed E-state index contributed by atoms with van der Waals surface area (Å²) in [6.07, 6.45) is 1.87. The molecule has 1 heterocycles. The van der Waals surface area contributed by atoms with Crippen molar-refractivity contribution in [3.8, 4) is 6.07 Å². The number of benzene rings is 2. The van der Waals surface area contributed by atoms with E-state index >= 15 is 0 Å². The monoisotopic (exact) mass is 311 g/mol. The van der Waals surface area contributed by atoms with E-state index < -0.39 is 10.0 Å². The Morgan fingerprint density at radius 1 is 1.18 bits per heavy atom. The molecule has 0 saturated carbocycles. The first-order valence-corrected chi connectivity index (χ1v) is 8.09. The molecule has 3 aromatic rings. The van der Waals surface area contributed by atoms with Crippen LogP contribution in [0.4, 0.5) is 5.69 Å². The van der Waals surface area contributed by atoms with E-state index in [-0.39, 0.29) is 4.90 Å². The van der Waals surface area contributed by atoms with Crippen molar-refractivity contribution in [2.24, 2.45) is 0 Å². The van der Waals surface area contributed by atoms with Gasteiger partial charge in [-0.1, -0.05) is 6.07 Å². The zero-order valence-corrected chi connectivity index (χ0v) is 12.6. The van der Waals surface area contributed by atoms with Gasteiger partial charge in [0.05, 0.1) is 16.5 Å². The van der Waals surface area contributed by atoms with Crippen molar-refractivity contribution in [2.45, 2.75) is 11.8 Å². The zero-order valence-electron chi connectivity index (χ0n) is 11.8. The van der Waals surface area contributed by atoms with Crippen LogP contribution in [0.25, 0.3) is 10.9 Å². The van der Waals surface area contributed by atoms with Crippen LogP contribution in [0.5, 0.6) is 0 Å². The highest BCUT2D eigenvalue weighted by molar-refractivity contribution is 7.92. The highest BCUT2D eigenvalue weighted by Crippen LogP contribution is 2.24. The topological polar surface area (TPSA) is 85.8 Å². The minimum absolute atomic E-state index is 0.0671. The number of sulfonamides is 1. The van der Waals surface area contributed by atoms with E-state index in [1.807, 2.05) is 25.3 Å². The van der Waals surface area contributed by atoms with Gasteiger partial charge >= 0.3 is 0 Å². The van der Waals surface area contributed by atoms with Gasteiger partial charge in [0.25, 0.3) is 10.0 Å². The number of fused-ring (bicyclic) bond motifs is 1. The summed E-state index contributed by atoms with van der Waals surface area (Å²) in [6, 6.07) is 13.2. The Bertz CT molecular complexity index is 998. The second kappa shape index (κ2) is 5.20. The van der Waals surface area contributed by atoms with Gasteiger partial charge < -0.3 is 4.98 Å². The number of nitrogens with zero attached hydrogens (tertiary/aromatic N) is 1. The number of anilines is 1. The van der Waals surface area contributed by atoms with Gasteiger partial charge in [0.1, 0.15) is 0 Å². The highest BCUT2D eigenvalue weighted by atomic mass is 32.2. The molecule has 0 amide bonds. The quantitative estimate of drug-likeness (QED) is 0.779. The molecule has 110 valence electrons. The van der Waals surface area contributed by atoms with Gasteiger partial charge in [0.2, 0.25) is 0 Å². The molecule has 0 aliphatic rings. The first kappa shape index (κ1) is 14.2. The lowest BCUT2D eigenvalue weighted by molar-refractivity contribution is 0.601. The fourth-order valence-corrected chi connectivity index (χ4v) is 3.37. The summed E-state index contributed by atoms with van der Waals surface area (Å²) in [7, 11) is -3.72. The SMILES string of the molecule is Cc1c[nH]c2ccc(NS(=O)(=O)c3cccc(C#N)c3)cc12. The minimum Gasteiger partial charge on any atom is -0.361 e. The maximum atomic E-state index is 12.4. The van der Waals surface area contributed by atoms with E-state index in [4.69, 9.17) is 5.26 Å². The Morgan fingerprint density at radius 2 is 2.00 bits per heavy atom. The molecule has 1 aromatic heterocycles. The maximum absolute atomic E-state index is 12.4. The number of hydrogen-bond acceptors (Lipinski definition) is 3. The molecule has 2 N–H and O–H groups in total. The second-order valence-electron chi connectivity index (χ2n) is 4.98. The molecule has 0 spiro atoms. The first-order valence-electron chi connectivity index (χ1n) is 6.60. The normalized spacial score (nSPS) is 11.3. The van der Waals surface area contributed by atoms with E-state index in [2.05, 4.69) is 9.71 Å². The smallest absolute Gasteiger partial charge is 0.261 e. The lowest BCUT2D eigenvalue weighted by Crippen LogP contribution is -2.13. The number of nitrogens with one attached hydrogen (secondary N) is 2. The van der Waals surface area contributed by atoms with Crippen LogP contribution in [0.2, 0.25) is 0 Å². The number of aromatic amines is 1. The van der Waals surface area contributed by atoms with Crippen molar-refractivity contribution in [3.05, 3.63) is 59.8 Å². The molecule has 0 radical (unpaired) electrons. The van der Waals surface area contributed by atoms with Crippen LogP contribution in [0.1, 0.15) is 11.1 Å². The molecule has 0 aliphatic carbocycles. The Kier molecular flexibility index (Phi) is 3.35. The van der Waals surface area contributed by atoms with Gasteiger partial charge in [-0.05, 0) is 48.9 Å². The van der Waals surface area contributed by atoms with Gasteiger partial charge in [0.15, 0.2) is 0 Å². The predicted octanol–water partition coefficient (Wildman–Crippen LogP) is 3.15. The van der Waals surface area contributed by atoms with Crippen LogP contribution in [0, 0.1) is 18.3 Å². The third-order valence-corrected chi connectivity index (χ3v) is 4.79. The van der Waals surface area contributed by atoms with Gasteiger partial charge in [-0.2, -0.15) is 5.26 Å². The fraction of sp³-hybridized carbons (Fsp3) is 0.0625.